The Morgan fingerprint density at radius 3 is 3.12 bits per heavy atom. The highest BCUT2D eigenvalue weighted by Crippen LogP contribution is 2.31. The molecule has 1 amide bonds. The summed E-state index contributed by atoms with van der Waals surface area (Å²) in [5.74, 6) is 1.11. The van der Waals surface area contributed by atoms with Gasteiger partial charge in [-0.25, -0.2) is 0 Å². The molecule has 0 fully saturated rings. The molecule has 2 aromatic rings. The summed E-state index contributed by atoms with van der Waals surface area (Å²) in [5.41, 5.74) is 1.74. The number of nitrogens with one attached hydrogen (secondary N) is 1. The maximum absolute atomic E-state index is 11.8. The molecule has 2 heterocycles. The molecular weight excluding hydrogens is 218 g/mol. The molecule has 0 atom stereocenters. The summed E-state index contributed by atoms with van der Waals surface area (Å²) in [6, 6.07) is 5.61. The summed E-state index contributed by atoms with van der Waals surface area (Å²) in [6.45, 7) is 0.703. The molecule has 1 aromatic carbocycles. The number of ether oxygens (including phenoxy) is 1. The fourth-order valence-electron chi connectivity index (χ4n) is 2.23. The minimum Gasteiger partial charge on any atom is -0.497 e. The molecule has 0 spiro atoms. The second-order valence-electron chi connectivity index (χ2n) is 4.13. The highest BCUT2D eigenvalue weighted by Gasteiger charge is 2.22. The van der Waals surface area contributed by atoms with Crippen molar-refractivity contribution in [2.45, 2.75) is 12.8 Å². The average molecular weight is 231 g/mol. The van der Waals surface area contributed by atoms with Crippen molar-refractivity contribution in [3.05, 3.63) is 29.5 Å². The van der Waals surface area contributed by atoms with Gasteiger partial charge in [-0.05, 0) is 31.0 Å². The zero-order chi connectivity index (χ0) is 11.8. The normalized spacial score (nSPS) is 15.2. The van der Waals surface area contributed by atoms with Crippen molar-refractivity contribution < 1.29 is 13.9 Å². The van der Waals surface area contributed by atoms with Crippen molar-refractivity contribution in [1.29, 1.82) is 0 Å². The predicted molar refractivity (Wildman–Crippen MR) is 63.4 cm³/mol. The first-order valence-electron chi connectivity index (χ1n) is 5.67. The van der Waals surface area contributed by atoms with Crippen LogP contribution in [0.4, 0.5) is 0 Å². The molecular formula is C13H13NO3. The van der Waals surface area contributed by atoms with Crippen molar-refractivity contribution in [2.75, 3.05) is 13.7 Å². The molecule has 1 aliphatic heterocycles. The fraction of sp³-hybridized carbons (Fsp3) is 0.308. The lowest BCUT2D eigenvalue weighted by Gasteiger charge is -1.99. The number of benzene rings is 1. The molecule has 1 aromatic heterocycles. The van der Waals surface area contributed by atoms with Crippen molar-refractivity contribution in [3.8, 4) is 5.75 Å². The number of methoxy groups -OCH3 is 1. The minimum atomic E-state index is -0.118. The maximum atomic E-state index is 11.8. The van der Waals surface area contributed by atoms with E-state index < -0.39 is 0 Å². The van der Waals surface area contributed by atoms with Gasteiger partial charge in [-0.3, -0.25) is 4.79 Å². The molecule has 0 aliphatic carbocycles. The largest absolute Gasteiger partial charge is 0.497 e. The Hall–Kier alpha value is -1.97. The van der Waals surface area contributed by atoms with Crippen molar-refractivity contribution in [1.82, 2.24) is 5.32 Å². The van der Waals surface area contributed by atoms with Crippen LogP contribution in [0.1, 0.15) is 22.5 Å². The first-order chi connectivity index (χ1) is 8.29. The van der Waals surface area contributed by atoms with Crippen molar-refractivity contribution in [3.63, 3.8) is 0 Å². The van der Waals surface area contributed by atoms with Gasteiger partial charge < -0.3 is 14.5 Å². The van der Waals surface area contributed by atoms with Crippen LogP contribution in [0.15, 0.2) is 22.6 Å². The van der Waals surface area contributed by atoms with Crippen LogP contribution in [0, 0.1) is 0 Å². The number of hydrogen-bond donors (Lipinski definition) is 1. The van der Waals surface area contributed by atoms with Crippen LogP contribution in [-0.2, 0) is 6.42 Å². The van der Waals surface area contributed by atoms with E-state index in [1.807, 2.05) is 18.2 Å². The summed E-state index contributed by atoms with van der Waals surface area (Å²) in [5, 5.41) is 3.81. The Labute approximate surface area is 98.6 Å². The summed E-state index contributed by atoms with van der Waals surface area (Å²) < 4.78 is 10.8. The van der Waals surface area contributed by atoms with Crippen LogP contribution < -0.4 is 10.1 Å². The number of rotatable bonds is 1. The highest BCUT2D eigenvalue weighted by molar-refractivity contribution is 5.99. The van der Waals surface area contributed by atoms with Gasteiger partial charge in [0.15, 0.2) is 5.76 Å². The first kappa shape index (κ1) is 10.2. The molecule has 3 rings (SSSR count). The molecule has 4 nitrogen and oxygen atoms in total. The molecule has 1 aliphatic rings. The number of fused-ring (bicyclic) bond motifs is 3. The molecule has 0 bridgehead atoms. The Balaban J connectivity index is 2.25. The van der Waals surface area contributed by atoms with Gasteiger partial charge >= 0.3 is 0 Å². The molecule has 88 valence electrons. The quantitative estimate of drug-likeness (QED) is 0.817. The number of amides is 1. The van der Waals surface area contributed by atoms with Gasteiger partial charge in [-0.2, -0.15) is 0 Å². The lowest BCUT2D eigenvalue weighted by molar-refractivity contribution is 0.0931. The van der Waals surface area contributed by atoms with Crippen LogP contribution in [0.5, 0.6) is 5.75 Å². The maximum Gasteiger partial charge on any atom is 0.287 e. The average Bonchev–Trinajstić information content (AvgIpc) is 2.62. The van der Waals surface area contributed by atoms with Gasteiger partial charge in [0, 0.05) is 17.5 Å². The van der Waals surface area contributed by atoms with E-state index in [0.29, 0.717) is 12.3 Å². The second-order valence-corrected chi connectivity index (χ2v) is 4.13. The number of carbonyl (C=O) groups is 1. The molecule has 17 heavy (non-hydrogen) atoms. The van der Waals surface area contributed by atoms with E-state index in [1.54, 1.807) is 7.11 Å². The lowest BCUT2D eigenvalue weighted by Crippen LogP contribution is -2.22. The third kappa shape index (κ3) is 1.56. The number of carbonyl (C=O) groups excluding carboxylic acids is 1. The molecule has 0 saturated carbocycles. The van der Waals surface area contributed by atoms with Crippen LogP contribution in [0.25, 0.3) is 11.0 Å². The van der Waals surface area contributed by atoms with E-state index in [1.165, 1.54) is 0 Å². The Morgan fingerprint density at radius 2 is 2.29 bits per heavy atom. The van der Waals surface area contributed by atoms with E-state index in [2.05, 4.69) is 5.32 Å². The van der Waals surface area contributed by atoms with Gasteiger partial charge in [0.1, 0.15) is 11.3 Å². The highest BCUT2D eigenvalue weighted by atomic mass is 16.5. The van der Waals surface area contributed by atoms with Gasteiger partial charge in [-0.1, -0.05) is 0 Å². The lowest BCUT2D eigenvalue weighted by atomic mass is 10.1. The molecule has 4 heteroatoms. The summed E-state index contributed by atoms with van der Waals surface area (Å²) in [4.78, 5) is 11.8. The van der Waals surface area contributed by atoms with Crippen molar-refractivity contribution >= 4 is 16.9 Å². The van der Waals surface area contributed by atoms with Gasteiger partial charge in [0.2, 0.25) is 0 Å². The van der Waals surface area contributed by atoms with Crippen LogP contribution >= 0.6 is 0 Å². The third-order valence-corrected chi connectivity index (χ3v) is 3.09. The molecule has 0 radical (unpaired) electrons. The minimum absolute atomic E-state index is 0.118. The number of aryl methyl sites for hydroxylation is 1. The third-order valence-electron chi connectivity index (χ3n) is 3.09. The standard InChI is InChI=1S/C13H13NO3/c1-16-8-4-5-11-10(7-8)9-3-2-6-14-13(15)12(9)17-11/h4-5,7H,2-3,6H2,1H3,(H,14,15). The van der Waals surface area contributed by atoms with E-state index in [9.17, 15) is 4.79 Å². The van der Waals surface area contributed by atoms with E-state index >= 15 is 0 Å². The second kappa shape index (κ2) is 3.80. The molecule has 1 N–H and O–H groups in total. The fourth-order valence-corrected chi connectivity index (χ4v) is 2.23. The zero-order valence-corrected chi connectivity index (χ0v) is 9.58. The predicted octanol–water partition coefficient (Wildman–Crippen LogP) is 2.12. The molecule has 0 unspecified atom stereocenters. The van der Waals surface area contributed by atoms with Gasteiger partial charge in [-0.15, -0.1) is 0 Å². The Kier molecular flexibility index (Phi) is 2.28. The van der Waals surface area contributed by atoms with Crippen molar-refractivity contribution in [2.24, 2.45) is 0 Å². The monoisotopic (exact) mass is 231 g/mol. The van der Waals surface area contributed by atoms with Crippen LogP contribution in [0.2, 0.25) is 0 Å². The van der Waals surface area contributed by atoms with Gasteiger partial charge in [0.05, 0.1) is 7.11 Å². The zero-order valence-electron chi connectivity index (χ0n) is 9.58. The van der Waals surface area contributed by atoms with Gasteiger partial charge in [0.25, 0.3) is 5.91 Å². The number of furan rings is 1. The van der Waals surface area contributed by atoms with Crippen LogP contribution in [0.3, 0.4) is 0 Å². The van der Waals surface area contributed by atoms with E-state index in [-0.39, 0.29) is 5.91 Å². The van der Waals surface area contributed by atoms with E-state index in [4.69, 9.17) is 9.15 Å². The summed E-state index contributed by atoms with van der Waals surface area (Å²) in [7, 11) is 1.63. The topological polar surface area (TPSA) is 51.5 Å². The Bertz CT molecular complexity index is 586. The summed E-state index contributed by atoms with van der Waals surface area (Å²) >= 11 is 0. The first-order valence-corrected chi connectivity index (χ1v) is 5.67. The number of hydrogen-bond acceptors (Lipinski definition) is 3. The smallest absolute Gasteiger partial charge is 0.287 e. The summed E-state index contributed by atoms with van der Waals surface area (Å²) in [6.07, 6.45) is 1.79. The Morgan fingerprint density at radius 1 is 1.41 bits per heavy atom. The van der Waals surface area contributed by atoms with Crippen LogP contribution in [-0.4, -0.2) is 19.6 Å². The van der Waals surface area contributed by atoms with E-state index in [0.717, 1.165) is 35.1 Å². The molecule has 0 saturated heterocycles. The SMILES string of the molecule is COc1ccc2oc3c(c2c1)CCCNC3=O.